The molecule has 0 atom stereocenters. The number of benzene rings is 8. The van der Waals surface area contributed by atoms with E-state index >= 15 is 0 Å². The molecule has 10 aromatic rings. The number of hydrogen-bond acceptors (Lipinski definition) is 5. The Morgan fingerprint density at radius 2 is 0.897 bits per heavy atom. The molecule has 12 rings (SSSR count). The van der Waals surface area contributed by atoms with Crippen LogP contribution in [0.25, 0.3) is 78.2 Å². The van der Waals surface area contributed by atoms with Gasteiger partial charge in [-0.3, -0.25) is 0 Å². The molecular formula is C53H32N4S. The predicted molar refractivity (Wildman–Crippen MR) is 236 cm³/mol. The number of aromatic nitrogens is 4. The Morgan fingerprint density at radius 1 is 0.362 bits per heavy atom. The first kappa shape index (κ1) is 33.0. The van der Waals surface area contributed by atoms with Crippen LogP contribution in [0.2, 0.25) is 0 Å². The molecule has 2 aromatic heterocycles. The number of nitrogens with zero attached hydrogens (tertiary/aromatic N) is 4. The van der Waals surface area contributed by atoms with Crippen LogP contribution < -0.4 is 0 Å². The molecule has 0 amide bonds. The van der Waals surface area contributed by atoms with Crippen LogP contribution >= 0.6 is 11.8 Å². The van der Waals surface area contributed by atoms with Crippen molar-refractivity contribution in [2.24, 2.45) is 0 Å². The summed E-state index contributed by atoms with van der Waals surface area (Å²) >= 11 is 1.89. The van der Waals surface area contributed by atoms with Gasteiger partial charge in [-0.05, 0) is 51.6 Å². The third-order valence-electron chi connectivity index (χ3n) is 11.8. The highest BCUT2D eigenvalue weighted by Gasteiger charge is 2.50. The molecule has 0 N–H and O–H groups in total. The molecule has 0 saturated carbocycles. The van der Waals surface area contributed by atoms with Gasteiger partial charge in [0, 0.05) is 48.2 Å². The Balaban J connectivity index is 1.11. The second-order valence-corrected chi connectivity index (χ2v) is 16.0. The monoisotopic (exact) mass is 756 g/mol. The van der Waals surface area contributed by atoms with Crippen LogP contribution in [-0.2, 0) is 5.41 Å². The normalized spacial score (nSPS) is 13.2. The summed E-state index contributed by atoms with van der Waals surface area (Å²) in [5, 5.41) is 3.48. The Morgan fingerprint density at radius 3 is 1.59 bits per heavy atom. The summed E-state index contributed by atoms with van der Waals surface area (Å²) in [7, 11) is 0. The maximum absolute atomic E-state index is 5.43. The fraction of sp³-hybridized carbons (Fsp3) is 0.0189. The summed E-state index contributed by atoms with van der Waals surface area (Å²) in [6, 6.07) is 69.0. The van der Waals surface area contributed by atoms with E-state index in [0.717, 1.165) is 44.2 Å². The smallest absolute Gasteiger partial charge is 0.164 e. The third kappa shape index (κ3) is 4.84. The number of fused-ring (bicyclic) bond motifs is 13. The van der Waals surface area contributed by atoms with Crippen molar-refractivity contribution in [3.63, 3.8) is 0 Å². The van der Waals surface area contributed by atoms with Crippen molar-refractivity contribution < 1.29 is 0 Å². The first-order valence-electron chi connectivity index (χ1n) is 19.6. The minimum atomic E-state index is -0.464. The van der Waals surface area contributed by atoms with E-state index in [4.69, 9.17) is 19.9 Å². The second-order valence-electron chi connectivity index (χ2n) is 14.9. The zero-order valence-electron chi connectivity index (χ0n) is 31.2. The fourth-order valence-electron chi connectivity index (χ4n) is 9.31. The van der Waals surface area contributed by atoms with Gasteiger partial charge in [-0.25, -0.2) is 19.9 Å². The van der Waals surface area contributed by atoms with Crippen molar-refractivity contribution in [2.75, 3.05) is 0 Å². The highest BCUT2D eigenvalue weighted by atomic mass is 32.2. The number of pyridine rings is 1. The minimum absolute atomic E-state index is 0.464. The van der Waals surface area contributed by atoms with Gasteiger partial charge in [0.05, 0.1) is 16.6 Å². The van der Waals surface area contributed by atoms with Gasteiger partial charge in [0.2, 0.25) is 0 Å². The van der Waals surface area contributed by atoms with Crippen molar-refractivity contribution in [1.82, 2.24) is 19.9 Å². The van der Waals surface area contributed by atoms with E-state index < -0.39 is 5.41 Å². The van der Waals surface area contributed by atoms with Crippen molar-refractivity contribution in [3.05, 3.63) is 216 Å². The second kappa shape index (κ2) is 12.9. The molecule has 0 fully saturated rings. The number of para-hydroxylation sites is 1. The van der Waals surface area contributed by atoms with Gasteiger partial charge in [0.15, 0.2) is 17.5 Å². The van der Waals surface area contributed by atoms with E-state index in [2.05, 4.69) is 133 Å². The van der Waals surface area contributed by atoms with Gasteiger partial charge in [0.1, 0.15) is 0 Å². The standard InChI is InChI=1S/C53H32N4S/c1-3-16-33(17-4-1)50-55-51(34-18-5-2-6-19-34)57-52(56-50)36-21-15-20-35(32-36)48-40-30-31-44-49(47(40)39-24-9-13-28-45(39)54-48)58-46-29-14-12-27-43(46)53(44)41-25-10-7-22-37(41)38-23-8-11-26-42(38)53/h1-32H. The fourth-order valence-corrected chi connectivity index (χ4v) is 10.7. The summed E-state index contributed by atoms with van der Waals surface area (Å²) in [6.45, 7) is 0. The first-order valence-corrected chi connectivity index (χ1v) is 20.4. The van der Waals surface area contributed by atoms with Gasteiger partial charge < -0.3 is 0 Å². The maximum atomic E-state index is 5.43. The third-order valence-corrected chi connectivity index (χ3v) is 13.0. The largest absolute Gasteiger partial charge is 0.247 e. The first-order chi connectivity index (χ1) is 28.8. The van der Waals surface area contributed by atoms with E-state index in [0.29, 0.717) is 17.5 Å². The van der Waals surface area contributed by atoms with Crippen molar-refractivity contribution in [2.45, 2.75) is 15.2 Å². The lowest BCUT2D eigenvalue weighted by Gasteiger charge is -2.40. The summed E-state index contributed by atoms with van der Waals surface area (Å²) in [5.41, 5.74) is 13.1. The van der Waals surface area contributed by atoms with E-state index in [1.165, 1.54) is 48.6 Å². The summed E-state index contributed by atoms with van der Waals surface area (Å²) in [5.74, 6) is 1.89. The highest BCUT2D eigenvalue weighted by molar-refractivity contribution is 7.99. The Hall–Kier alpha value is -7.21. The summed E-state index contributed by atoms with van der Waals surface area (Å²) in [6.07, 6.45) is 0. The van der Waals surface area contributed by atoms with Crippen LogP contribution in [0.5, 0.6) is 0 Å². The van der Waals surface area contributed by atoms with Crippen LogP contribution in [0.4, 0.5) is 0 Å². The average Bonchev–Trinajstić information content (AvgIpc) is 3.59. The molecule has 0 unspecified atom stereocenters. The van der Waals surface area contributed by atoms with Crippen LogP contribution in [0.3, 0.4) is 0 Å². The lowest BCUT2D eigenvalue weighted by Crippen LogP contribution is -2.32. The van der Waals surface area contributed by atoms with E-state index in [9.17, 15) is 0 Å². The maximum Gasteiger partial charge on any atom is 0.164 e. The van der Waals surface area contributed by atoms with Crippen molar-refractivity contribution in [1.29, 1.82) is 0 Å². The Bertz CT molecular complexity index is 3170. The van der Waals surface area contributed by atoms with Gasteiger partial charge in [0.25, 0.3) is 0 Å². The molecular weight excluding hydrogens is 725 g/mol. The summed E-state index contributed by atoms with van der Waals surface area (Å²) in [4.78, 5) is 23.0. The zero-order valence-corrected chi connectivity index (χ0v) is 32.0. The molecule has 1 spiro atoms. The summed E-state index contributed by atoms with van der Waals surface area (Å²) < 4.78 is 0. The van der Waals surface area contributed by atoms with Crippen molar-refractivity contribution in [3.8, 4) is 56.5 Å². The number of rotatable bonds is 4. The molecule has 3 heterocycles. The molecule has 0 bridgehead atoms. The van der Waals surface area contributed by atoms with E-state index in [1.807, 2.05) is 72.4 Å². The Labute approximate surface area is 340 Å². The molecule has 1 aliphatic carbocycles. The highest BCUT2D eigenvalue weighted by Crippen LogP contribution is 2.63. The van der Waals surface area contributed by atoms with Gasteiger partial charge in [-0.2, -0.15) is 0 Å². The van der Waals surface area contributed by atoms with Crippen LogP contribution in [0.15, 0.2) is 204 Å². The lowest BCUT2D eigenvalue weighted by molar-refractivity contribution is 0.726. The molecule has 5 heteroatoms. The van der Waals surface area contributed by atoms with Crippen LogP contribution in [-0.4, -0.2) is 19.9 Å². The quantitative estimate of drug-likeness (QED) is 0.167. The molecule has 2 aliphatic rings. The van der Waals surface area contributed by atoms with Crippen LogP contribution in [0, 0.1) is 0 Å². The Kier molecular flexibility index (Phi) is 7.34. The van der Waals surface area contributed by atoms with E-state index in [-0.39, 0.29) is 0 Å². The van der Waals surface area contributed by atoms with Crippen LogP contribution in [0.1, 0.15) is 22.3 Å². The zero-order chi connectivity index (χ0) is 38.2. The van der Waals surface area contributed by atoms with Gasteiger partial charge in [-0.15, -0.1) is 0 Å². The molecule has 0 radical (unpaired) electrons. The molecule has 0 saturated heterocycles. The van der Waals surface area contributed by atoms with E-state index in [1.54, 1.807) is 0 Å². The molecule has 58 heavy (non-hydrogen) atoms. The number of hydrogen-bond donors (Lipinski definition) is 0. The topological polar surface area (TPSA) is 51.6 Å². The predicted octanol–water partition coefficient (Wildman–Crippen LogP) is 13.1. The average molecular weight is 757 g/mol. The molecule has 1 aliphatic heterocycles. The molecule has 4 nitrogen and oxygen atoms in total. The SMILES string of the molecule is c1ccc(-c2nc(-c3ccccc3)nc(-c3cccc(-c4nc5ccccc5c5c6c(ccc45)C4(c5ccccc5S6)c5ccccc5-c5ccccc54)c3)n2)cc1. The minimum Gasteiger partial charge on any atom is -0.247 e. The molecule has 270 valence electrons. The lowest BCUT2D eigenvalue weighted by atomic mass is 9.67. The van der Waals surface area contributed by atoms with Crippen molar-refractivity contribution >= 4 is 33.4 Å². The molecule has 8 aromatic carbocycles. The van der Waals surface area contributed by atoms with Gasteiger partial charge >= 0.3 is 0 Å². The van der Waals surface area contributed by atoms with Gasteiger partial charge in [-0.1, -0.05) is 188 Å².